The first-order valence-corrected chi connectivity index (χ1v) is 4.95. The van der Waals surface area contributed by atoms with Gasteiger partial charge in [0.25, 0.3) is 5.91 Å². The molecule has 0 spiro atoms. The summed E-state index contributed by atoms with van der Waals surface area (Å²) in [6.45, 7) is 0.667. The highest BCUT2D eigenvalue weighted by Gasteiger charge is 2.27. The van der Waals surface area contributed by atoms with Gasteiger partial charge >= 0.3 is 0 Å². The van der Waals surface area contributed by atoms with Crippen LogP contribution in [0.1, 0.15) is 12.8 Å². The van der Waals surface area contributed by atoms with Gasteiger partial charge in [-0.05, 0) is 18.9 Å². The Morgan fingerprint density at radius 2 is 2.27 bits per heavy atom. The third-order valence-corrected chi connectivity index (χ3v) is 2.39. The van der Waals surface area contributed by atoms with Crippen molar-refractivity contribution in [3.8, 4) is 0 Å². The van der Waals surface area contributed by atoms with Gasteiger partial charge in [-0.1, -0.05) is 0 Å². The molecule has 1 fully saturated rings. The van der Waals surface area contributed by atoms with Crippen LogP contribution in [0.3, 0.4) is 0 Å². The van der Waals surface area contributed by atoms with Crippen LogP contribution in [0, 0.1) is 0 Å². The van der Waals surface area contributed by atoms with Gasteiger partial charge in [0.05, 0.1) is 0 Å². The lowest BCUT2D eigenvalue weighted by Crippen LogP contribution is -2.36. The molecule has 1 aromatic heterocycles. The van der Waals surface area contributed by atoms with E-state index in [1.807, 2.05) is 0 Å². The van der Waals surface area contributed by atoms with Gasteiger partial charge in [-0.15, -0.1) is 0 Å². The summed E-state index contributed by atoms with van der Waals surface area (Å²) in [6.07, 6.45) is 4.64. The van der Waals surface area contributed by atoms with E-state index in [0.29, 0.717) is 12.6 Å². The molecular weight excluding hydrogens is 194 g/mol. The maximum Gasteiger partial charge on any atom is 0.258 e. The predicted molar refractivity (Wildman–Crippen MR) is 54.4 cm³/mol. The van der Waals surface area contributed by atoms with E-state index < -0.39 is 0 Å². The fourth-order valence-electron chi connectivity index (χ4n) is 1.55. The summed E-state index contributed by atoms with van der Waals surface area (Å²) < 4.78 is 5.31. The second-order valence-corrected chi connectivity index (χ2v) is 3.45. The highest BCUT2D eigenvalue weighted by atomic mass is 16.5. The van der Waals surface area contributed by atoms with Crippen molar-refractivity contribution >= 4 is 11.9 Å². The van der Waals surface area contributed by atoms with Gasteiger partial charge in [0, 0.05) is 26.0 Å². The summed E-state index contributed by atoms with van der Waals surface area (Å²) in [7, 11) is 1.67. The average molecular weight is 207 g/mol. The van der Waals surface area contributed by atoms with E-state index in [0.717, 1.165) is 12.8 Å². The maximum absolute atomic E-state index is 11.9. The number of hydrogen-bond acceptors (Lipinski definition) is 4. The second kappa shape index (κ2) is 4.35. The minimum atomic E-state index is -0.321. The topological polar surface area (TPSA) is 55.3 Å². The maximum atomic E-state index is 11.9. The molecule has 0 bridgehead atoms. The molecule has 5 nitrogen and oxygen atoms in total. The highest BCUT2D eigenvalue weighted by Crippen LogP contribution is 2.15. The standard InChI is InChI=1S/C10H13N3O2/c1-13(10-11-5-3-6-12-10)9(14)8-4-2-7-15-8/h3,5-6,8H,2,4,7H2,1H3/t8-/m0/s1. The van der Waals surface area contributed by atoms with Crippen LogP contribution in [0.5, 0.6) is 0 Å². The largest absolute Gasteiger partial charge is 0.368 e. The number of aromatic nitrogens is 2. The van der Waals surface area contributed by atoms with Crippen LogP contribution in [-0.4, -0.2) is 35.6 Å². The Hall–Kier alpha value is -1.49. The number of nitrogens with zero attached hydrogens (tertiary/aromatic N) is 3. The number of carbonyl (C=O) groups excluding carboxylic acids is 1. The molecule has 1 aliphatic rings. The lowest BCUT2D eigenvalue weighted by Gasteiger charge is -2.18. The number of carbonyl (C=O) groups is 1. The molecule has 80 valence electrons. The van der Waals surface area contributed by atoms with E-state index in [-0.39, 0.29) is 12.0 Å². The molecule has 2 rings (SSSR count). The molecule has 1 aromatic rings. The van der Waals surface area contributed by atoms with Crippen molar-refractivity contribution in [2.45, 2.75) is 18.9 Å². The monoisotopic (exact) mass is 207 g/mol. The fourth-order valence-corrected chi connectivity index (χ4v) is 1.55. The molecule has 2 heterocycles. The van der Waals surface area contributed by atoms with Crippen LogP contribution < -0.4 is 4.90 Å². The van der Waals surface area contributed by atoms with Crippen molar-refractivity contribution in [3.05, 3.63) is 18.5 Å². The van der Waals surface area contributed by atoms with Gasteiger partial charge in [-0.25, -0.2) is 9.97 Å². The Bertz CT molecular complexity index is 336. The Morgan fingerprint density at radius 1 is 1.53 bits per heavy atom. The first kappa shape index (κ1) is 10.0. The van der Waals surface area contributed by atoms with Crippen LogP contribution in [0.2, 0.25) is 0 Å². The SMILES string of the molecule is CN(C(=O)[C@@H]1CCCO1)c1ncccn1. The predicted octanol–water partition coefficient (Wildman–Crippen LogP) is 0.618. The molecule has 15 heavy (non-hydrogen) atoms. The molecular formula is C10H13N3O2. The normalized spacial score (nSPS) is 20.2. The van der Waals surface area contributed by atoms with Gasteiger partial charge in [-0.2, -0.15) is 0 Å². The average Bonchev–Trinajstić information content (AvgIpc) is 2.82. The molecule has 5 heteroatoms. The lowest BCUT2D eigenvalue weighted by atomic mass is 10.2. The molecule has 1 aliphatic heterocycles. The number of anilines is 1. The number of amides is 1. The molecule has 0 saturated carbocycles. The summed E-state index contributed by atoms with van der Waals surface area (Å²) in [6, 6.07) is 1.72. The van der Waals surface area contributed by atoms with Crippen molar-refractivity contribution in [2.24, 2.45) is 0 Å². The van der Waals surface area contributed by atoms with E-state index in [9.17, 15) is 4.79 Å². The summed E-state index contributed by atoms with van der Waals surface area (Å²) in [5.74, 6) is 0.344. The Balaban J connectivity index is 2.07. The van der Waals surface area contributed by atoms with Crippen molar-refractivity contribution < 1.29 is 9.53 Å². The van der Waals surface area contributed by atoms with E-state index >= 15 is 0 Å². The molecule has 1 saturated heterocycles. The molecule has 1 atom stereocenters. The Kier molecular flexibility index (Phi) is 2.91. The van der Waals surface area contributed by atoms with Crippen LogP contribution in [-0.2, 0) is 9.53 Å². The van der Waals surface area contributed by atoms with Crippen molar-refractivity contribution in [2.75, 3.05) is 18.6 Å². The molecule has 0 unspecified atom stereocenters. The third-order valence-electron chi connectivity index (χ3n) is 2.39. The van der Waals surface area contributed by atoms with Gasteiger partial charge in [0.2, 0.25) is 5.95 Å². The molecule has 1 amide bonds. The minimum Gasteiger partial charge on any atom is -0.368 e. The van der Waals surface area contributed by atoms with Gasteiger partial charge in [0.15, 0.2) is 0 Å². The van der Waals surface area contributed by atoms with Crippen molar-refractivity contribution in [3.63, 3.8) is 0 Å². The summed E-state index contributed by atoms with van der Waals surface area (Å²) >= 11 is 0. The van der Waals surface area contributed by atoms with Crippen LogP contribution in [0.25, 0.3) is 0 Å². The van der Waals surface area contributed by atoms with E-state index in [1.165, 1.54) is 4.90 Å². The summed E-state index contributed by atoms with van der Waals surface area (Å²) in [4.78, 5) is 21.3. The number of likely N-dealkylation sites (N-methyl/N-ethyl adjacent to an activating group) is 1. The van der Waals surface area contributed by atoms with Gasteiger partial charge < -0.3 is 4.74 Å². The zero-order chi connectivity index (χ0) is 10.7. The number of ether oxygens (including phenoxy) is 1. The number of rotatable bonds is 2. The van der Waals surface area contributed by atoms with Gasteiger partial charge in [0.1, 0.15) is 6.10 Å². The summed E-state index contributed by atoms with van der Waals surface area (Å²) in [5, 5.41) is 0. The molecule has 0 N–H and O–H groups in total. The second-order valence-electron chi connectivity index (χ2n) is 3.45. The van der Waals surface area contributed by atoms with Gasteiger partial charge in [-0.3, -0.25) is 9.69 Å². The molecule has 0 radical (unpaired) electrons. The van der Waals surface area contributed by atoms with Crippen LogP contribution >= 0.6 is 0 Å². The Morgan fingerprint density at radius 3 is 2.87 bits per heavy atom. The van der Waals surface area contributed by atoms with Crippen molar-refractivity contribution in [1.29, 1.82) is 0 Å². The van der Waals surface area contributed by atoms with Crippen molar-refractivity contribution in [1.82, 2.24) is 9.97 Å². The molecule has 0 aromatic carbocycles. The lowest BCUT2D eigenvalue weighted by molar-refractivity contribution is -0.127. The molecule has 0 aliphatic carbocycles. The van der Waals surface area contributed by atoms with E-state index in [2.05, 4.69) is 9.97 Å². The number of hydrogen-bond donors (Lipinski definition) is 0. The van der Waals surface area contributed by atoms with Crippen LogP contribution in [0.4, 0.5) is 5.95 Å². The zero-order valence-corrected chi connectivity index (χ0v) is 8.59. The smallest absolute Gasteiger partial charge is 0.258 e. The zero-order valence-electron chi connectivity index (χ0n) is 8.59. The quantitative estimate of drug-likeness (QED) is 0.713. The highest BCUT2D eigenvalue weighted by molar-refractivity contribution is 5.94. The van der Waals surface area contributed by atoms with E-state index in [4.69, 9.17) is 4.74 Å². The first-order valence-electron chi connectivity index (χ1n) is 4.95. The van der Waals surface area contributed by atoms with E-state index in [1.54, 1.807) is 25.5 Å². The van der Waals surface area contributed by atoms with Crippen LogP contribution in [0.15, 0.2) is 18.5 Å². The fraction of sp³-hybridized carbons (Fsp3) is 0.500. The Labute approximate surface area is 88.1 Å². The minimum absolute atomic E-state index is 0.0706. The third kappa shape index (κ3) is 2.12. The first-order chi connectivity index (χ1) is 7.29. The summed E-state index contributed by atoms with van der Waals surface area (Å²) in [5.41, 5.74) is 0.